The summed E-state index contributed by atoms with van der Waals surface area (Å²) in [5.41, 5.74) is 2.88. The van der Waals surface area contributed by atoms with E-state index < -0.39 is 5.97 Å². The van der Waals surface area contributed by atoms with Gasteiger partial charge >= 0.3 is 5.97 Å². The number of nitrogens with zero attached hydrogens (tertiary/aromatic N) is 2. The first kappa shape index (κ1) is 20.2. The highest BCUT2D eigenvalue weighted by atomic mass is 16.5. The van der Waals surface area contributed by atoms with Gasteiger partial charge in [0.25, 0.3) is 5.56 Å². The largest absolute Gasteiger partial charge is 0.423 e. The SMILES string of the molecule is CCn1c(=O)c(C)nc2cc(C(=O)Oc3ccc(C(=O)c4ccccc4)cc3)ccc21. The lowest BCUT2D eigenvalue weighted by atomic mass is 10.0. The fourth-order valence-corrected chi connectivity index (χ4v) is 3.41. The summed E-state index contributed by atoms with van der Waals surface area (Å²) in [4.78, 5) is 41.6. The van der Waals surface area contributed by atoms with Gasteiger partial charge in [-0.15, -0.1) is 0 Å². The molecule has 0 radical (unpaired) electrons. The van der Waals surface area contributed by atoms with Gasteiger partial charge in [0.1, 0.15) is 11.4 Å². The van der Waals surface area contributed by atoms with Crippen LogP contribution < -0.4 is 10.3 Å². The summed E-state index contributed by atoms with van der Waals surface area (Å²) < 4.78 is 7.07. The first-order chi connectivity index (χ1) is 15.0. The van der Waals surface area contributed by atoms with E-state index in [1.807, 2.05) is 25.1 Å². The van der Waals surface area contributed by atoms with Crippen LogP contribution in [0, 0.1) is 6.92 Å². The maximum atomic E-state index is 12.6. The zero-order valence-electron chi connectivity index (χ0n) is 17.2. The summed E-state index contributed by atoms with van der Waals surface area (Å²) in [6.07, 6.45) is 0. The van der Waals surface area contributed by atoms with Gasteiger partial charge in [0, 0.05) is 17.7 Å². The Morgan fingerprint density at radius 1 is 0.903 bits per heavy atom. The molecule has 0 fully saturated rings. The highest BCUT2D eigenvalue weighted by Crippen LogP contribution is 2.19. The number of benzene rings is 3. The second-order valence-electron chi connectivity index (χ2n) is 7.06. The van der Waals surface area contributed by atoms with E-state index in [0.717, 1.165) is 0 Å². The van der Waals surface area contributed by atoms with Gasteiger partial charge in [-0.25, -0.2) is 9.78 Å². The number of rotatable bonds is 5. The minimum atomic E-state index is -0.544. The summed E-state index contributed by atoms with van der Waals surface area (Å²) in [5, 5.41) is 0. The average molecular weight is 412 g/mol. The van der Waals surface area contributed by atoms with Gasteiger partial charge < -0.3 is 9.30 Å². The molecule has 0 atom stereocenters. The minimum Gasteiger partial charge on any atom is -0.423 e. The molecule has 0 amide bonds. The van der Waals surface area contributed by atoms with Crippen molar-refractivity contribution in [2.24, 2.45) is 0 Å². The highest BCUT2D eigenvalue weighted by molar-refractivity contribution is 6.09. The minimum absolute atomic E-state index is 0.101. The van der Waals surface area contributed by atoms with Crippen LogP contribution in [0.15, 0.2) is 77.6 Å². The number of ketones is 1. The third-order valence-electron chi connectivity index (χ3n) is 5.02. The number of ether oxygens (including phenoxy) is 1. The predicted octanol–water partition coefficient (Wildman–Crippen LogP) is 4.18. The van der Waals surface area contributed by atoms with E-state index in [-0.39, 0.29) is 11.3 Å². The summed E-state index contributed by atoms with van der Waals surface area (Å²) in [5.74, 6) is -0.313. The van der Waals surface area contributed by atoms with Crippen molar-refractivity contribution in [3.05, 3.63) is 106 Å². The van der Waals surface area contributed by atoms with E-state index >= 15 is 0 Å². The molecule has 6 heteroatoms. The molecule has 0 aliphatic carbocycles. The van der Waals surface area contributed by atoms with Crippen molar-refractivity contribution in [2.75, 3.05) is 0 Å². The first-order valence-corrected chi connectivity index (χ1v) is 9.91. The maximum Gasteiger partial charge on any atom is 0.343 e. The third-order valence-corrected chi connectivity index (χ3v) is 5.02. The molecule has 4 aromatic rings. The second kappa shape index (κ2) is 8.36. The molecule has 1 heterocycles. The lowest BCUT2D eigenvalue weighted by molar-refractivity contribution is 0.0735. The monoisotopic (exact) mass is 412 g/mol. The van der Waals surface area contributed by atoms with Crippen LogP contribution in [0.5, 0.6) is 5.75 Å². The van der Waals surface area contributed by atoms with E-state index in [4.69, 9.17) is 4.74 Å². The molecular formula is C25H20N2O4. The van der Waals surface area contributed by atoms with Crippen molar-refractivity contribution < 1.29 is 14.3 Å². The number of carbonyl (C=O) groups is 2. The Bertz CT molecular complexity index is 1340. The fraction of sp³-hybridized carbons (Fsp3) is 0.120. The molecule has 0 aliphatic heterocycles. The van der Waals surface area contributed by atoms with Crippen molar-refractivity contribution >= 4 is 22.8 Å². The number of aryl methyl sites for hydroxylation is 2. The van der Waals surface area contributed by atoms with Gasteiger partial charge in [-0.2, -0.15) is 0 Å². The molecule has 0 aliphatic rings. The Morgan fingerprint density at radius 3 is 2.23 bits per heavy atom. The zero-order valence-corrected chi connectivity index (χ0v) is 17.2. The van der Waals surface area contributed by atoms with E-state index in [0.29, 0.717) is 45.7 Å². The van der Waals surface area contributed by atoms with Crippen molar-refractivity contribution in [2.45, 2.75) is 20.4 Å². The van der Waals surface area contributed by atoms with E-state index in [9.17, 15) is 14.4 Å². The smallest absolute Gasteiger partial charge is 0.343 e. The van der Waals surface area contributed by atoms with Crippen LogP contribution in [0.3, 0.4) is 0 Å². The van der Waals surface area contributed by atoms with Crippen molar-refractivity contribution in [1.29, 1.82) is 0 Å². The molecule has 31 heavy (non-hydrogen) atoms. The second-order valence-corrected chi connectivity index (χ2v) is 7.06. The molecule has 1 aromatic heterocycles. The molecule has 0 unspecified atom stereocenters. The molecule has 4 rings (SSSR count). The van der Waals surface area contributed by atoms with E-state index in [1.54, 1.807) is 66.1 Å². The Labute approximate surface area is 178 Å². The van der Waals surface area contributed by atoms with Gasteiger partial charge in [-0.1, -0.05) is 30.3 Å². The molecule has 0 N–H and O–H groups in total. The van der Waals surface area contributed by atoms with E-state index in [1.165, 1.54) is 0 Å². The predicted molar refractivity (Wildman–Crippen MR) is 118 cm³/mol. The van der Waals surface area contributed by atoms with Crippen LogP contribution in [0.2, 0.25) is 0 Å². The van der Waals surface area contributed by atoms with Crippen LogP contribution >= 0.6 is 0 Å². The van der Waals surface area contributed by atoms with Gasteiger partial charge in [-0.3, -0.25) is 9.59 Å². The molecule has 0 saturated carbocycles. The fourth-order valence-electron chi connectivity index (χ4n) is 3.41. The summed E-state index contributed by atoms with van der Waals surface area (Å²) in [7, 11) is 0. The van der Waals surface area contributed by atoms with Gasteiger partial charge in [0.05, 0.1) is 16.6 Å². The molecule has 0 saturated heterocycles. The third kappa shape index (κ3) is 4.00. The Balaban J connectivity index is 1.55. The van der Waals surface area contributed by atoms with Gasteiger partial charge in [0.2, 0.25) is 0 Å². The number of carbonyl (C=O) groups excluding carboxylic acids is 2. The van der Waals surface area contributed by atoms with Crippen molar-refractivity contribution in [3.63, 3.8) is 0 Å². The zero-order chi connectivity index (χ0) is 22.0. The van der Waals surface area contributed by atoms with Gasteiger partial charge in [0.15, 0.2) is 5.78 Å². The molecule has 0 spiro atoms. The molecular weight excluding hydrogens is 392 g/mol. The lowest BCUT2D eigenvalue weighted by Crippen LogP contribution is -2.23. The summed E-state index contributed by atoms with van der Waals surface area (Å²) in [6, 6.07) is 20.3. The van der Waals surface area contributed by atoms with Crippen molar-refractivity contribution in [1.82, 2.24) is 9.55 Å². The number of fused-ring (bicyclic) bond motifs is 1. The van der Waals surface area contributed by atoms with Crippen LogP contribution in [0.4, 0.5) is 0 Å². The average Bonchev–Trinajstić information content (AvgIpc) is 2.80. The Morgan fingerprint density at radius 2 is 1.55 bits per heavy atom. The van der Waals surface area contributed by atoms with Crippen LogP contribution in [0.25, 0.3) is 11.0 Å². The number of hydrogen-bond acceptors (Lipinski definition) is 5. The first-order valence-electron chi connectivity index (χ1n) is 9.91. The van der Waals surface area contributed by atoms with Crippen molar-refractivity contribution in [3.8, 4) is 5.75 Å². The standard InChI is InChI=1S/C25H20N2O4/c1-3-27-22-14-11-19(15-21(22)26-16(2)24(27)29)25(30)31-20-12-9-18(10-13-20)23(28)17-7-5-4-6-8-17/h4-15H,3H2,1-2H3. The summed E-state index contributed by atoms with van der Waals surface area (Å²) in [6.45, 7) is 4.04. The highest BCUT2D eigenvalue weighted by Gasteiger charge is 2.14. The number of hydrogen-bond donors (Lipinski definition) is 0. The van der Waals surface area contributed by atoms with Crippen LogP contribution in [0.1, 0.15) is 38.9 Å². The van der Waals surface area contributed by atoms with Gasteiger partial charge in [-0.05, 0) is 56.3 Å². The molecule has 154 valence electrons. The molecule has 0 bridgehead atoms. The number of esters is 1. The lowest BCUT2D eigenvalue weighted by Gasteiger charge is -2.10. The molecule has 3 aromatic carbocycles. The van der Waals surface area contributed by atoms with Crippen LogP contribution in [-0.4, -0.2) is 21.3 Å². The Kier molecular flexibility index (Phi) is 5.45. The quantitative estimate of drug-likeness (QED) is 0.279. The normalized spacial score (nSPS) is 10.8. The topological polar surface area (TPSA) is 78.3 Å². The summed E-state index contributed by atoms with van der Waals surface area (Å²) >= 11 is 0. The number of aromatic nitrogens is 2. The van der Waals surface area contributed by atoms with Crippen LogP contribution in [-0.2, 0) is 6.54 Å². The maximum absolute atomic E-state index is 12.6. The Hall–Kier alpha value is -4.06. The van der Waals surface area contributed by atoms with E-state index in [2.05, 4.69) is 4.98 Å². The molecule has 6 nitrogen and oxygen atoms in total.